The number of piperidine rings is 1. The van der Waals surface area contributed by atoms with Crippen LogP contribution in [0.3, 0.4) is 0 Å². The Bertz CT molecular complexity index is 722. The maximum absolute atomic E-state index is 12.6. The zero-order valence-electron chi connectivity index (χ0n) is 13.3. The number of carbonyl (C=O) groups excluding carboxylic acids is 1. The number of hydrogen-bond donors (Lipinski definition) is 1. The summed E-state index contributed by atoms with van der Waals surface area (Å²) in [5.41, 5.74) is 0.0820. The summed E-state index contributed by atoms with van der Waals surface area (Å²) >= 11 is 0. The highest BCUT2D eigenvalue weighted by Gasteiger charge is 2.35. The lowest BCUT2D eigenvalue weighted by molar-refractivity contribution is -0.143. The molecule has 0 bridgehead atoms. The van der Waals surface area contributed by atoms with Gasteiger partial charge in [-0.15, -0.1) is 0 Å². The van der Waals surface area contributed by atoms with Crippen molar-refractivity contribution in [1.82, 2.24) is 9.21 Å². The fraction of sp³-hybridized carbons (Fsp3) is 0.571. The number of sulfonamides is 1. The molecule has 1 aliphatic heterocycles. The summed E-state index contributed by atoms with van der Waals surface area (Å²) in [7, 11) is -1.07. The van der Waals surface area contributed by atoms with Crippen LogP contribution in [-0.4, -0.2) is 61.3 Å². The number of rotatable bonds is 4. The van der Waals surface area contributed by atoms with Crippen LogP contribution in [0.2, 0.25) is 0 Å². The summed E-state index contributed by atoms with van der Waals surface area (Å²) < 4.78 is 30.4. The van der Waals surface area contributed by atoms with Gasteiger partial charge in [-0.2, -0.15) is 0 Å². The third kappa shape index (κ3) is 3.25. The molecule has 0 radical (unpaired) electrons. The van der Waals surface area contributed by atoms with Crippen LogP contribution in [0.1, 0.15) is 35.4 Å². The summed E-state index contributed by atoms with van der Waals surface area (Å²) in [6, 6.07) is 0.278. The average Bonchev–Trinajstić information content (AvgIpc) is 2.89. The zero-order valence-corrected chi connectivity index (χ0v) is 14.1. The van der Waals surface area contributed by atoms with Crippen molar-refractivity contribution in [2.75, 3.05) is 20.6 Å². The minimum Gasteiger partial charge on any atom is -0.480 e. The molecule has 1 N–H and O–H groups in total. The highest BCUT2D eigenvalue weighted by molar-refractivity contribution is 7.88. The van der Waals surface area contributed by atoms with Crippen LogP contribution in [0.15, 0.2) is 15.6 Å². The Labute approximate surface area is 134 Å². The molecule has 0 aliphatic carbocycles. The molecule has 128 valence electrons. The molecule has 0 spiro atoms. The minimum atomic E-state index is -3.79. The van der Waals surface area contributed by atoms with Crippen molar-refractivity contribution in [3.8, 4) is 0 Å². The summed E-state index contributed by atoms with van der Waals surface area (Å²) in [4.78, 5) is 25.2. The average molecular weight is 344 g/mol. The number of nitrogens with zero attached hydrogens (tertiary/aromatic N) is 2. The minimum absolute atomic E-state index is 0.0820. The molecule has 1 atom stereocenters. The number of carbonyl (C=O) groups is 2. The molecule has 0 unspecified atom stereocenters. The Morgan fingerprint density at radius 3 is 2.57 bits per heavy atom. The van der Waals surface area contributed by atoms with Crippen molar-refractivity contribution in [3.63, 3.8) is 0 Å². The van der Waals surface area contributed by atoms with E-state index in [1.165, 1.54) is 32.0 Å². The lowest BCUT2D eigenvalue weighted by atomic mass is 10.0. The van der Waals surface area contributed by atoms with Crippen molar-refractivity contribution in [1.29, 1.82) is 0 Å². The van der Waals surface area contributed by atoms with E-state index in [1.54, 1.807) is 0 Å². The van der Waals surface area contributed by atoms with E-state index in [0.29, 0.717) is 13.0 Å². The van der Waals surface area contributed by atoms with Crippen LogP contribution in [0.25, 0.3) is 0 Å². The van der Waals surface area contributed by atoms with Crippen molar-refractivity contribution in [3.05, 3.63) is 17.4 Å². The number of aliphatic carboxylic acids is 1. The van der Waals surface area contributed by atoms with Gasteiger partial charge in [0.05, 0.1) is 5.56 Å². The third-order valence-electron chi connectivity index (χ3n) is 3.91. The smallest absolute Gasteiger partial charge is 0.326 e. The van der Waals surface area contributed by atoms with Gasteiger partial charge in [0, 0.05) is 26.7 Å². The topological polar surface area (TPSA) is 108 Å². The first kappa shape index (κ1) is 17.5. The number of hydrogen-bond acceptors (Lipinski definition) is 5. The largest absolute Gasteiger partial charge is 0.480 e. The first-order chi connectivity index (χ1) is 10.7. The van der Waals surface area contributed by atoms with E-state index in [1.807, 2.05) is 0 Å². The SMILES string of the molecule is Cc1oc(S(=O)(=O)N(C)C)cc1C(=O)N1CCCC[C@@H]1C(=O)O. The Balaban J connectivity index is 2.37. The zero-order chi connectivity index (χ0) is 17.4. The maximum atomic E-state index is 12.6. The number of carboxylic acids is 1. The molecule has 0 saturated carbocycles. The standard InChI is InChI=1S/C14H20N2O6S/c1-9-10(8-12(22-9)23(20,21)15(2)3)13(17)16-7-5-4-6-11(16)14(18)19/h8,11H,4-7H2,1-3H3,(H,18,19)/t11-/m1/s1. The van der Waals surface area contributed by atoms with E-state index in [0.717, 1.165) is 17.1 Å². The molecule has 8 nitrogen and oxygen atoms in total. The Kier molecular flexibility index (Phi) is 4.81. The summed E-state index contributed by atoms with van der Waals surface area (Å²) in [6.07, 6.45) is 1.85. The van der Waals surface area contributed by atoms with Gasteiger partial charge in [-0.25, -0.2) is 17.5 Å². The van der Waals surface area contributed by atoms with E-state index < -0.39 is 27.9 Å². The van der Waals surface area contributed by atoms with Gasteiger partial charge in [-0.3, -0.25) is 4.79 Å². The predicted molar refractivity (Wildman–Crippen MR) is 80.6 cm³/mol. The van der Waals surface area contributed by atoms with Gasteiger partial charge < -0.3 is 14.4 Å². The normalized spacial score (nSPS) is 19.1. The van der Waals surface area contributed by atoms with E-state index >= 15 is 0 Å². The van der Waals surface area contributed by atoms with Gasteiger partial charge >= 0.3 is 5.97 Å². The Morgan fingerprint density at radius 1 is 1.35 bits per heavy atom. The van der Waals surface area contributed by atoms with Crippen LogP contribution in [0.4, 0.5) is 0 Å². The van der Waals surface area contributed by atoms with Gasteiger partial charge in [-0.1, -0.05) is 0 Å². The van der Waals surface area contributed by atoms with Crippen LogP contribution in [-0.2, 0) is 14.8 Å². The molecule has 1 aliphatic rings. The van der Waals surface area contributed by atoms with E-state index in [-0.39, 0.29) is 16.4 Å². The van der Waals surface area contributed by atoms with Gasteiger partial charge in [0.15, 0.2) is 0 Å². The lowest BCUT2D eigenvalue weighted by Crippen LogP contribution is -2.48. The summed E-state index contributed by atoms with van der Waals surface area (Å²) in [5, 5.41) is 8.93. The van der Waals surface area contributed by atoms with Gasteiger partial charge in [0.2, 0.25) is 5.09 Å². The molecule has 9 heteroatoms. The first-order valence-electron chi connectivity index (χ1n) is 7.23. The number of carboxylic acid groups (broad SMARTS) is 1. The van der Waals surface area contributed by atoms with Gasteiger partial charge in [0.25, 0.3) is 15.9 Å². The van der Waals surface area contributed by atoms with Crippen LogP contribution < -0.4 is 0 Å². The van der Waals surface area contributed by atoms with Gasteiger partial charge in [-0.05, 0) is 26.2 Å². The molecule has 2 rings (SSSR count). The monoisotopic (exact) mass is 344 g/mol. The molecule has 0 aromatic carbocycles. The predicted octanol–water partition coefficient (Wildman–Crippen LogP) is 0.918. The van der Waals surface area contributed by atoms with Gasteiger partial charge in [0.1, 0.15) is 11.8 Å². The molecule has 1 aromatic rings. The van der Waals surface area contributed by atoms with Crippen molar-refractivity contribution < 1.29 is 27.5 Å². The maximum Gasteiger partial charge on any atom is 0.326 e. The Hall–Kier alpha value is -1.87. The fourth-order valence-corrected chi connectivity index (χ4v) is 3.42. The van der Waals surface area contributed by atoms with E-state index in [9.17, 15) is 23.1 Å². The second kappa shape index (κ2) is 6.32. The van der Waals surface area contributed by atoms with Crippen molar-refractivity contribution in [2.24, 2.45) is 0 Å². The second-order valence-electron chi connectivity index (χ2n) is 5.67. The number of aryl methyl sites for hydroxylation is 1. The van der Waals surface area contributed by atoms with Crippen LogP contribution in [0, 0.1) is 6.92 Å². The molecule has 1 amide bonds. The van der Waals surface area contributed by atoms with E-state index in [4.69, 9.17) is 4.42 Å². The number of furan rings is 1. The molecule has 1 saturated heterocycles. The highest BCUT2D eigenvalue weighted by atomic mass is 32.2. The van der Waals surface area contributed by atoms with Crippen LogP contribution >= 0.6 is 0 Å². The lowest BCUT2D eigenvalue weighted by Gasteiger charge is -2.32. The fourth-order valence-electron chi connectivity index (χ4n) is 2.56. The summed E-state index contributed by atoms with van der Waals surface area (Å²) in [5.74, 6) is -1.41. The van der Waals surface area contributed by atoms with Crippen molar-refractivity contribution in [2.45, 2.75) is 37.3 Å². The molecular weight excluding hydrogens is 324 g/mol. The second-order valence-corrected chi connectivity index (χ2v) is 7.75. The number of amides is 1. The van der Waals surface area contributed by atoms with E-state index in [2.05, 4.69) is 0 Å². The number of likely N-dealkylation sites (tertiary alicyclic amines) is 1. The third-order valence-corrected chi connectivity index (χ3v) is 5.58. The molecule has 1 aromatic heterocycles. The molecule has 1 fully saturated rings. The van der Waals surface area contributed by atoms with Crippen molar-refractivity contribution >= 4 is 21.9 Å². The highest BCUT2D eigenvalue weighted by Crippen LogP contribution is 2.25. The first-order valence-corrected chi connectivity index (χ1v) is 8.67. The molecular formula is C14H20N2O6S. The van der Waals surface area contributed by atoms with Crippen LogP contribution in [0.5, 0.6) is 0 Å². The quantitative estimate of drug-likeness (QED) is 0.870. The molecule has 2 heterocycles. The summed E-state index contributed by atoms with van der Waals surface area (Å²) in [6.45, 7) is 1.82. The Morgan fingerprint density at radius 2 is 2.00 bits per heavy atom. The molecule has 23 heavy (non-hydrogen) atoms.